The molecule has 25 heavy (non-hydrogen) atoms. The second kappa shape index (κ2) is 7.87. The van der Waals surface area contributed by atoms with E-state index in [0.717, 1.165) is 29.5 Å². The normalized spacial score (nSPS) is 12.4. The van der Waals surface area contributed by atoms with Crippen LogP contribution in [0.4, 0.5) is 5.69 Å². The fourth-order valence-electron chi connectivity index (χ4n) is 2.38. The summed E-state index contributed by atoms with van der Waals surface area (Å²) in [7, 11) is 1.54. The Bertz CT molecular complexity index is 813. The number of nitrogen functional groups attached to an aromatic ring is 1. The van der Waals surface area contributed by atoms with E-state index in [1.165, 1.54) is 18.6 Å². The van der Waals surface area contributed by atoms with Gasteiger partial charge in [0.1, 0.15) is 10.4 Å². The highest BCUT2D eigenvalue weighted by atomic mass is 32.1. The fourth-order valence-corrected chi connectivity index (χ4v) is 3.42. The summed E-state index contributed by atoms with van der Waals surface area (Å²) >= 11 is 1.51. The highest BCUT2D eigenvalue weighted by molar-refractivity contribution is 7.04. The molecule has 0 unspecified atom stereocenters. The first-order chi connectivity index (χ1) is 11.8. The molecule has 0 fully saturated rings. The van der Waals surface area contributed by atoms with Crippen LogP contribution in [0.25, 0.3) is 0 Å². The van der Waals surface area contributed by atoms with E-state index in [1.807, 2.05) is 0 Å². The van der Waals surface area contributed by atoms with Gasteiger partial charge in [-0.2, -0.15) is 4.99 Å². The number of unbranched alkanes of at least 4 members (excludes halogenated alkanes) is 1. The number of methoxy groups -OCH3 is 1. The maximum absolute atomic E-state index is 12.7. The van der Waals surface area contributed by atoms with E-state index >= 15 is 0 Å². The van der Waals surface area contributed by atoms with Crippen LogP contribution >= 0.6 is 11.5 Å². The maximum atomic E-state index is 12.7. The van der Waals surface area contributed by atoms with Crippen LogP contribution in [-0.4, -0.2) is 17.0 Å². The summed E-state index contributed by atoms with van der Waals surface area (Å²) in [6.45, 7) is 8.57. The van der Waals surface area contributed by atoms with Gasteiger partial charge in [-0.25, -0.2) is 0 Å². The van der Waals surface area contributed by atoms with Crippen molar-refractivity contribution in [2.45, 2.75) is 52.5 Å². The van der Waals surface area contributed by atoms with Gasteiger partial charge in [-0.05, 0) is 63.3 Å². The van der Waals surface area contributed by atoms with E-state index in [0.29, 0.717) is 17.0 Å². The Kier molecular flexibility index (Phi) is 6.06. The van der Waals surface area contributed by atoms with Gasteiger partial charge in [0.15, 0.2) is 0 Å². The number of aromatic nitrogens is 1. The molecule has 6 heteroatoms. The zero-order chi connectivity index (χ0) is 18.6. The number of anilines is 1. The van der Waals surface area contributed by atoms with Gasteiger partial charge in [0.2, 0.25) is 0 Å². The van der Waals surface area contributed by atoms with Crippen LogP contribution in [0.3, 0.4) is 0 Å². The van der Waals surface area contributed by atoms with E-state index < -0.39 is 0 Å². The number of rotatable bonds is 5. The van der Waals surface area contributed by atoms with Crippen molar-refractivity contribution < 1.29 is 9.53 Å². The molecular formula is C19H27N3O2S. The number of hydrogen-bond acceptors (Lipinski definition) is 4. The van der Waals surface area contributed by atoms with Gasteiger partial charge < -0.3 is 10.5 Å². The summed E-state index contributed by atoms with van der Waals surface area (Å²) in [4.78, 5) is 17.1. The van der Waals surface area contributed by atoms with Crippen LogP contribution in [0.1, 0.15) is 56.5 Å². The zero-order valence-corrected chi connectivity index (χ0v) is 16.4. The number of amides is 1. The van der Waals surface area contributed by atoms with Crippen LogP contribution in [0.2, 0.25) is 0 Å². The minimum atomic E-state index is -0.329. The average Bonchev–Trinajstić information content (AvgIpc) is 2.95. The molecular weight excluding hydrogens is 334 g/mol. The first-order valence-electron chi connectivity index (χ1n) is 8.51. The molecule has 0 bridgehead atoms. The van der Waals surface area contributed by atoms with Crippen molar-refractivity contribution in [1.29, 1.82) is 0 Å². The van der Waals surface area contributed by atoms with E-state index in [-0.39, 0.29) is 11.4 Å². The number of ether oxygens (including phenoxy) is 1. The van der Waals surface area contributed by atoms with Gasteiger partial charge in [-0.1, -0.05) is 13.3 Å². The summed E-state index contributed by atoms with van der Waals surface area (Å²) in [6, 6.07) is 5.02. The maximum Gasteiger partial charge on any atom is 0.282 e. The van der Waals surface area contributed by atoms with Crippen molar-refractivity contribution in [3.63, 3.8) is 0 Å². The lowest BCUT2D eigenvalue weighted by molar-refractivity contribution is 0.0996. The predicted octanol–water partition coefficient (Wildman–Crippen LogP) is 3.98. The van der Waals surface area contributed by atoms with Crippen molar-refractivity contribution in [2.75, 3.05) is 12.8 Å². The van der Waals surface area contributed by atoms with Crippen molar-refractivity contribution in [1.82, 2.24) is 3.96 Å². The number of aryl methyl sites for hydroxylation is 1. The quantitative estimate of drug-likeness (QED) is 0.819. The van der Waals surface area contributed by atoms with Crippen molar-refractivity contribution in [3.05, 3.63) is 40.2 Å². The Labute approximate surface area is 153 Å². The van der Waals surface area contributed by atoms with E-state index in [9.17, 15) is 4.79 Å². The summed E-state index contributed by atoms with van der Waals surface area (Å²) in [5.74, 6) is 0.156. The van der Waals surface area contributed by atoms with Crippen molar-refractivity contribution in [3.8, 4) is 5.75 Å². The molecule has 5 nitrogen and oxygen atoms in total. The first kappa shape index (κ1) is 19.2. The number of carbonyl (C=O) groups excluding carboxylic acids is 1. The highest BCUT2D eigenvalue weighted by Crippen LogP contribution is 2.22. The highest BCUT2D eigenvalue weighted by Gasteiger charge is 2.17. The topological polar surface area (TPSA) is 69.6 Å². The molecule has 0 saturated carbocycles. The molecule has 0 aliphatic heterocycles. The second-order valence-corrected chi connectivity index (χ2v) is 7.99. The Morgan fingerprint density at radius 3 is 2.68 bits per heavy atom. The lowest BCUT2D eigenvalue weighted by Crippen LogP contribution is -2.18. The van der Waals surface area contributed by atoms with Gasteiger partial charge in [0, 0.05) is 23.0 Å². The number of carbonyl (C=O) groups is 1. The van der Waals surface area contributed by atoms with E-state index in [4.69, 9.17) is 10.5 Å². The number of nitrogens with two attached hydrogens (primary N) is 1. The molecule has 0 saturated heterocycles. The van der Waals surface area contributed by atoms with Crippen LogP contribution in [0.5, 0.6) is 5.75 Å². The third-order valence-electron chi connectivity index (χ3n) is 3.85. The Hall–Kier alpha value is -2.08. The molecule has 0 aliphatic rings. The van der Waals surface area contributed by atoms with Crippen molar-refractivity contribution >= 4 is 23.1 Å². The van der Waals surface area contributed by atoms with Gasteiger partial charge in [0.25, 0.3) is 5.91 Å². The lowest BCUT2D eigenvalue weighted by Gasteiger charge is -2.19. The summed E-state index contributed by atoms with van der Waals surface area (Å²) in [5, 5.41) is 0. The Morgan fingerprint density at radius 2 is 2.08 bits per heavy atom. The predicted molar refractivity (Wildman–Crippen MR) is 103 cm³/mol. The Morgan fingerprint density at radius 1 is 1.36 bits per heavy atom. The third-order valence-corrected chi connectivity index (χ3v) is 5.23. The summed E-state index contributed by atoms with van der Waals surface area (Å²) in [5.41, 5.74) is 7.79. The Balaban J connectivity index is 2.50. The molecule has 1 aromatic carbocycles. The molecule has 1 aromatic heterocycles. The monoisotopic (exact) mass is 361 g/mol. The van der Waals surface area contributed by atoms with Gasteiger partial charge in [0.05, 0.1) is 12.7 Å². The van der Waals surface area contributed by atoms with E-state index in [2.05, 4.69) is 42.8 Å². The molecule has 2 aromatic rings. The average molecular weight is 362 g/mol. The van der Waals surface area contributed by atoms with Crippen LogP contribution < -0.4 is 15.1 Å². The minimum absolute atomic E-state index is 0.0443. The van der Waals surface area contributed by atoms with Crippen LogP contribution in [-0.2, 0) is 12.0 Å². The van der Waals surface area contributed by atoms with Gasteiger partial charge in [-0.3, -0.25) is 8.75 Å². The van der Waals surface area contributed by atoms with Crippen LogP contribution in [0.15, 0.2) is 29.4 Å². The molecule has 0 aliphatic carbocycles. The number of benzene rings is 1. The molecule has 2 N–H and O–H groups in total. The summed E-state index contributed by atoms with van der Waals surface area (Å²) < 4.78 is 8.19. The SMILES string of the molecule is CCCCc1cn(C(C)(C)C)sc1=NC(=O)c1cc(N)ccc1OC. The lowest BCUT2D eigenvalue weighted by atomic mass is 10.1. The standard InChI is InChI=1S/C19H27N3O2S/c1-6-7-8-13-12-22(19(2,3)4)25-18(13)21-17(23)15-11-14(20)9-10-16(15)24-5/h9-12H,6-8,20H2,1-5H3. The molecule has 136 valence electrons. The zero-order valence-electron chi connectivity index (χ0n) is 15.6. The molecule has 0 atom stereocenters. The van der Waals surface area contributed by atoms with E-state index in [1.54, 1.807) is 18.2 Å². The second-order valence-electron chi connectivity index (χ2n) is 7.03. The van der Waals surface area contributed by atoms with Gasteiger partial charge >= 0.3 is 0 Å². The summed E-state index contributed by atoms with van der Waals surface area (Å²) in [6.07, 6.45) is 5.19. The molecule has 1 heterocycles. The number of hydrogen-bond donors (Lipinski definition) is 1. The fraction of sp³-hybridized carbons (Fsp3) is 0.474. The largest absolute Gasteiger partial charge is 0.496 e. The van der Waals surface area contributed by atoms with Gasteiger partial charge in [-0.15, -0.1) is 0 Å². The third kappa shape index (κ3) is 4.72. The molecule has 0 radical (unpaired) electrons. The van der Waals surface area contributed by atoms with Crippen molar-refractivity contribution in [2.24, 2.45) is 4.99 Å². The first-order valence-corrected chi connectivity index (χ1v) is 9.28. The number of nitrogens with zero attached hydrogens (tertiary/aromatic N) is 2. The molecule has 1 amide bonds. The molecule has 0 spiro atoms. The van der Waals surface area contributed by atoms with Crippen LogP contribution in [0, 0.1) is 0 Å². The minimum Gasteiger partial charge on any atom is -0.496 e. The molecule has 2 rings (SSSR count). The smallest absolute Gasteiger partial charge is 0.282 e.